The SMILES string of the molecule is [B]1CC2=[P+](C1)CCCCC2. The highest BCUT2D eigenvalue weighted by Crippen LogP contribution is 2.36. The molecule has 2 heterocycles. The Morgan fingerprint density at radius 1 is 1.20 bits per heavy atom. The number of hydrogen-bond donors (Lipinski definition) is 0. The third-order valence-electron chi connectivity index (χ3n) is 2.57. The van der Waals surface area contributed by atoms with Crippen molar-refractivity contribution in [1.82, 2.24) is 0 Å². The Bertz CT molecular complexity index is 147. The van der Waals surface area contributed by atoms with E-state index in [-0.39, 0.29) is 0 Å². The van der Waals surface area contributed by atoms with Crippen LogP contribution in [0.25, 0.3) is 0 Å². The molecule has 1 radical (unpaired) electrons. The Balaban J connectivity index is 2.10. The fourth-order valence-electron chi connectivity index (χ4n) is 1.96. The van der Waals surface area contributed by atoms with Gasteiger partial charge in [0.2, 0.25) is 0 Å². The average molecular weight is 152 g/mol. The van der Waals surface area contributed by atoms with Gasteiger partial charge in [0.25, 0.3) is 0 Å². The Morgan fingerprint density at radius 2 is 2.20 bits per heavy atom. The normalized spacial score (nSPS) is 29.2. The smallest absolute Gasteiger partial charge is 0.0490 e. The van der Waals surface area contributed by atoms with Gasteiger partial charge in [-0.1, -0.05) is 0 Å². The molecule has 2 heteroatoms. The van der Waals surface area contributed by atoms with Gasteiger partial charge in [-0.05, 0) is 25.6 Å². The summed E-state index contributed by atoms with van der Waals surface area (Å²) in [6.07, 6.45) is 8.92. The predicted molar refractivity (Wildman–Crippen MR) is 50.7 cm³/mol. The Morgan fingerprint density at radius 3 is 3.20 bits per heavy atom. The summed E-state index contributed by atoms with van der Waals surface area (Å²) in [6, 6.07) is 1.46. The van der Waals surface area contributed by atoms with Crippen molar-refractivity contribution < 1.29 is 0 Å². The van der Waals surface area contributed by atoms with E-state index in [1.54, 1.807) is 6.16 Å². The zero-order chi connectivity index (χ0) is 6.81. The van der Waals surface area contributed by atoms with Gasteiger partial charge in [0.15, 0.2) is 7.28 Å². The molecule has 0 aromatic rings. The van der Waals surface area contributed by atoms with Crippen molar-refractivity contribution in [2.24, 2.45) is 0 Å². The molecule has 0 nitrogen and oxygen atoms in total. The predicted octanol–water partition coefficient (Wildman–Crippen LogP) is 2.31. The average Bonchev–Trinajstić information content (AvgIpc) is 2.28. The first kappa shape index (κ1) is 6.92. The quantitative estimate of drug-likeness (QED) is 0.369. The second kappa shape index (κ2) is 3.09. The second-order valence-corrected chi connectivity index (χ2v) is 5.84. The Labute approximate surface area is 65.0 Å². The first-order valence-corrected chi connectivity index (χ1v) is 6.09. The van der Waals surface area contributed by atoms with Crippen LogP contribution < -0.4 is 0 Å². The summed E-state index contributed by atoms with van der Waals surface area (Å²) in [5.74, 6) is 0. The first-order valence-electron chi connectivity index (χ1n) is 4.38. The first-order chi connectivity index (χ1) is 4.97. The van der Waals surface area contributed by atoms with Crippen molar-refractivity contribution in [3.8, 4) is 0 Å². The van der Waals surface area contributed by atoms with E-state index in [4.69, 9.17) is 0 Å². The third-order valence-corrected chi connectivity index (χ3v) is 5.43. The molecule has 2 aliphatic rings. The van der Waals surface area contributed by atoms with Crippen molar-refractivity contribution in [2.75, 3.05) is 12.2 Å². The van der Waals surface area contributed by atoms with Crippen LogP contribution in [-0.2, 0) is 0 Å². The fraction of sp³-hybridized carbons (Fsp3) is 0.875. The van der Waals surface area contributed by atoms with E-state index in [0.717, 1.165) is 0 Å². The van der Waals surface area contributed by atoms with Gasteiger partial charge in [-0.15, -0.1) is 0 Å². The van der Waals surface area contributed by atoms with Gasteiger partial charge < -0.3 is 0 Å². The van der Waals surface area contributed by atoms with E-state index in [0.29, 0.717) is 7.55 Å². The maximum atomic E-state index is 2.51. The molecule has 0 bridgehead atoms. The second-order valence-electron chi connectivity index (χ2n) is 3.32. The van der Waals surface area contributed by atoms with Crippen LogP contribution in [0.5, 0.6) is 0 Å². The zero-order valence-corrected chi connectivity index (χ0v) is 7.37. The lowest BCUT2D eigenvalue weighted by Crippen LogP contribution is -1.93. The van der Waals surface area contributed by atoms with Gasteiger partial charge in [0.1, 0.15) is 6.16 Å². The maximum absolute atomic E-state index is 2.51. The minimum absolute atomic E-state index is 0.415. The minimum Gasteiger partial charge on any atom is -0.0490 e. The largest absolute Gasteiger partial charge is 0.180 e. The highest BCUT2D eigenvalue weighted by atomic mass is 31.1. The standard InChI is InChI=1S/C8H14BP/c1-2-4-8-6-9-7-10(8)5-3-1/h1-7H2/q+1. The molecule has 0 saturated heterocycles. The molecule has 0 N–H and O–H groups in total. The van der Waals surface area contributed by atoms with Crippen LogP contribution in [0.3, 0.4) is 0 Å². The summed E-state index contributed by atoms with van der Waals surface area (Å²) in [5, 5.41) is 1.94. The maximum Gasteiger partial charge on any atom is 0.180 e. The van der Waals surface area contributed by atoms with Crippen molar-refractivity contribution in [3.05, 3.63) is 0 Å². The number of rotatable bonds is 0. The van der Waals surface area contributed by atoms with E-state index in [9.17, 15) is 0 Å². The lowest BCUT2D eigenvalue weighted by molar-refractivity contribution is 0.754. The van der Waals surface area contributed by atoms with Crippen molar-refractivity contribution in [2.45, 2.75) is 32.0 Å². The molecule has 0 aromatic heterocycles. The van der Waals surface area contributed by atoms with Crippen LogP contribution in [0, 0.1) is 0 Å². The lowest BCUT2D eigenvalue weighted by atomic mass is 9.76. The molecule has 1 unspecified atom stereocenters. The van der Waals surface area contributed by atoms with E-state index in [1.807, 2.05) is 5.29 Å². The van der Waals surface area contributed by atoms with Gasteiger partial charge in [0.05, 0.1) is 18.9 Å². The molecule has 0 saturated carbocycles. The number of hydrogen-bond acceptors (Lipinski definition) is 0. The zero-order valence-electron chi connectivity index (χ0n) is 6.47. The van der Waals surface area contributed by atoms with E-state index in [2.05, 4.69) is 7.28 Å². The van der Waals surface area contributed by atoms with Crippen LogP contribution >= 0.6 is 7.55 Å². The van der Waals surface area contributed by atoms with Gasteiger partial charge in [-0.25, -0.2) is 0 Å². The molecule has 10 heavy (non-hydrogen) atoms. The van der Waals surface area contributed by atoms with E-state index in [1.165, 1.54) is 38.1 Å². The van der Waals surface area contributed by atoms with Crippen LogP contribution in [0.2, 0.25) is 6.32 Å². The Kier molecular flexibility index (Phi) is 2.14. The van der Waals surface area contributed by atoms with Crippen molar-refractivity contribution in [3.63, 3.8) is 0 Å². The summed E-state index contributed by atoms with van der Waals surface area (Å²) in [7, 11) is 2.92. The monoisotopic (exact) mass is 152 g/mol. The molecular formula is C8H14BP+. The summed E-state index contributed by atoms with van der Waals surface area (Å²) in [6.45, 7) is 0. The van der Waals surface area contributed by atoms with Gasteiger partial charge in [-0.2, -0.15) is 0 Å². The highest BCUT2D eigenvalue weighted by molar-refractivity contribution is 7.62. The van der Waals surface area contributed by atoms with Gasteiger partial charge >= 0.3 is 0 Å². The Hall–Kier alpha value is 0.235. The van der Waals surface area contributed by atoms with E-state index >= 15 is 0 Å². The fourth-order valence-corrected chi connectivity index (χ4v) is 4.63. The summed E-state index contributed by atoms with van der Waals surface area (Å²) in [5.41, 5.74) is 0. The molecule has 0 aromatic carbocycles. The molecule has 0 aliphatic carbocycles. The van der Waals surface area contributed by atoms with Crippen LogP contribution in [0.4, 0.5) is 0 Å². The topological polar surface area (TPSA) is 0 Å². The van der Waals surface area contributed by atoms with E-state index < -0.39 is 0 Å². The minimum atomic E-state index is 0.415. The molecule has 2 aliphatic heterocycles. The molecule has 0 amide bonds. The van der Waals surface area contributed by atoms with Gasteiger partial charge in [0, 0.05) is 6.42 Å². The lowest BCUT2D eigenvalue weighted by Gasteiger charge is -1.89. The summed E-state index contributed by atoms with van der Waals surface area (Å²) < 4.78 is 0. The van der Waals surface area contributed by atoms with Crippen LogP contribution in [-0.4, -0.2) is 24.8 Å². The molecule has 1 atom stereocenters. The van der Waals surface area contributed by atoms with Crippen LogP contribution in [0.1, 0.15) is 25.7 Å². The van der Waals surface area contributed by atoms with Crippen molar-refractivity contribution >= 4 is 20.1 Å². The third kappa shape index (κ3) is 1.30. The van der Waals surface area contributed by atoms with Crippen molar-refractivity contribution in [1.29, 1.82) is 0 Å². The van der Waals surface area contributed by atoms with Gasteiger partial charge in [-0.3, -0.25) is 0 Å². The van der Waals surface area contributed by atoms with Crippen LogP contribution in [0.15, 0.2) is 0 Å². The molecule has 2 rings (SSSR count). The summed E-state index contributed by atoms with van der Waals surface area (Å²) in [4.78, 5) is 0. The molecular weight excluding hydrogens is 138 g/mol. The summed E-state index contributed by atoms with van der Waals surface area (Å²) >= 11 is 0. The molecule has 0 spiro atoms. The molecule has 0 fully saturated rings. The highest BCUT2D eigenvalue weighted by Gasteiger charge is 2.26. The molecule has 53 valence electrons.